The zero-order chi connectivity index (χ0) is 14.7. The maximum absolute atomic E-state index is 13.9. The van der Waals surface area contributed by atoms with Crippen LogP contribution in [0.4, 0.5) is 4.39 Å². The summed E-state index contributed by atoms with van der Waals surface area (Å²) in [5.41, 5.74) is 1.57. The maximum atomic E-state index is 13.9. The smallest absolute Gasteiger partial charge is 0.144 e. The molecule has 4 unspecified atom stereocenters. The van der Waals surface area contributed by atoms with Crippen LogP contribution in [-0.2, 0) is 0 Å². The van der Waals surface area contributed by atoms with Gasteiger partial charge in [0.1, 0.15) is 11.6 Å². The van der Waals surface area contributed by atoms with Crippen LogP contribution in [-0.4, -0.2) is 9.55 Å². The average Bonchev–Trinajstić information content (AvgIpc) is 3.12. The monoisotopic (exact) mass is 326 g/mol. The normalized spacial score (nSPS) is 29.4. The van der Waals surface area contributed by atoms with E-state index in [4.69, 9.17) is 23.2 Å². The molecule has 112 valence electrons. The number of hydrogen-bond donors (Lipinski definition) is 0. The minimum Gasteiger partial charge on any atom is -0.323 e. The van der Waals surface area contributed by atoms with E-state index < -0.39 is 0 Å². The zero-order valence-electron chi connectivity index (χ0n) is 11.8. The average molecular weight is 327 g/mol. The summed E-state index contributed by atoms with van der Waals surface area (Å²) in [5, 5.41) is -0.0766. The number of fused-ring (bicyclic) bond motifs is 3. The molecule has 0 N–H and O–H groups in total. The predicted octanol–water partition coefficient (Wildman–Crippen LogP) is 5.49. The molecule has 4 rings (SSSR count). The van der Waals surface area contributed by atoms with Gasteiger partial charge in [0.25, 0.3) is 0 Å². The maximum Gasteiger partial charge on any atom is 0.144 e. The van der Waals surface area contributed by atoms with Crippen molar-refractivity contribution >= 4 is 34.2 Å². The second kappa shape index (κ2) is 4.85. The molecule has 1 heterocycles. The Morgan fingerprint density at radius 3 is 2.76 bits per heavy atom. The Bertz CT molecular complexity index is 710. The third-order valence-corrected chi connectivity index (χ3v) is 5.63. The number of imidazole rings is 1. The largest absolute Gasteiger partial charge is 0.323 e. The highest BCUT2D eigenvalue weighted by molar-refractivity contribution is 6.31. The first-order valence-electron chi connectivity index (χ1n) is 7.55. The predicted molar refractivity (Wildman–Crippen MR) is 83.5 cm³/mol. The summed E-state index contributed by atoms with van der Waals surface area (Å²) in [7, 11) is 0. The topological polar surface area (TPSA) is 17.8 Å². The molecule has 0 spiro atoms. The van der Waals surface area contributed by atoms with E-state index >= 15 is 0 Å². The number of hydrogen-bond acceptors (Lipinski definition) is 1. The van der Waals surface area contributed by atoms with Crippen LogP contribution in [0.3, 0.4) is 0 Å². The van der Waals surface area contributed by atoms with Crippen LogP contribution in [0, 0.1) is 17.7 Å². The van der Waals surface area contributed by atoms with Crippen LogP contribution < -0.4 is 0 Å². The van der Waals surface area contributed by atoms with E-state index in [1.54, 1.807) is 6.07 Å². The van der Waals surface area contributed by atoms with Crippen LogP contribution in [0.15, 0.2) is 12.1 Å². The van der Waals surface area contributed by atoms with Crippen LogP contribution >= 0.6 is 23.2 Å². The van der Waals surface area contributed by atoms with Crippen molar-refractivity contribution in [3.63, 3.8) is 0 Å². The van der Waals surface area contributed by atoms with Gasteiger partial charge in [-0.2, -0.15) is 0 Å². The van der Waals surface area contributed by atoms with Crippen LogP contribution in [0.25, 0.3) is 11.0 Å². The summed E-state index contributed by atoms with van der Waals surface area (Å²) in [5.74, 6) is 1.95. The molecule has 0 saturated heterocycles. The summed E-state index contributed by atoms with van der Waals surface area (Å²) in [6.45, 7) is 1.92. The lowest BCUT2D eigenvalue weighted by Gasteiger charge is -2.26. The van der Waals surface area contributed by atoms with Gasteiger partial charge in [0.05, 0.1) is 21.4 Å². The molecule has 0 radical (unpaired) electrons. The molecule has 0 amide bonds. The van der Waals surface area contributed by atoms with Crippen LogP contribution in [0.1, 0.15) is 49.9 Å². The van der Waals surface area contributed by atoms with Gasteiger partial charge < -0.3 is 4.57 Å². The second-order valence-corrected chi connectivity index (χ2v) is 7.52. The lowest BCUT2D eigenvalue weighted by atomic mass is 9.95. The number of alkyl halides is 1. The number of aromatic nitrogens is 2. The van der Waals surface area contributed by atoms with Gasteiger partial charge in [0, 0.05) is 12.1 Å². The Morgan fingerprint density at radius 1 is 1.33 bits per heavy atom. The molecule has 1 aromatic heterocycles. The fraction of sp³-hybridized carbons (Fsp3) is 0.562. The van der Waals surface area contributed by atoms with Gasteiger partial charge in [-0.05, 0) is 44.1 Å². The van der Waals surface area contributed by atoms with E-state index in [-0.39, 0.29) is 16.2 Å². The van der Waals surface area contributed by atoms with Crippen molar-refractivity contribution in [2.45, 2.75) is 44.0 Å². The first-order valence-corrected chi connectivity index (χ1v) is 8.37. The van der Waals surface area contributed by atoms with E-state index in [9.17, 15) is 4.39 Å². The van der Waals surface area contributed by atoms with Crippen molar-refractivity contribution in [3.05, 3.63) is 28.8 Å². The minimum atomic E-state index is -0.387. The molecule has 5 heteroatoms. The fourth-order valence-electron chi connectivity index (χ4n) is 4.27. The zero-order valence-corrected chi connectivity index (χ0v) is 13.3. The molecule has 2 fully saturated rings. The van der Waals surface area contributed by atoms with Gasteiger partial charge >= 0.3 is 0 Å². The molecule has 21 heavy (non-hydrogen) atoms. The van der Waals surface area contributed by atoms with E-state index in [2.05, 4.69) is 9.55 Å². The lowest BCUT2D eigenvalue weighted by Crippen LogP contribution is -2.18. The first kappa shape index (κ1) is 13.8. The summed E-state index contributed by atoms with van der Waals surface area (Å²) >= 11 is 12.2. The number of benzene rings is 1. The van der Waals surface area contributed by atoms with Gasteiger partial charge in [-0.25, -0.2) is 9.37 Å². The van der Waals surface area contributed by atoms with Crippen molar-refractivity contribution < 1.29 is 4.39 Å². The Kier molecular flexibility index (Phi) is 3.20. The van der Waals surface area contributed by atoms with Crippen LogP contribution in [0.5, 0.6) is 0 Å². The van der Waals surface area contributed by atoms with Gasteiger partial charge in [0.15, 0.2) is 0 Å². The molecule has 2 aliphatic rings. The summed E-state index contributed by atoms with van der Waals surface area (Å²) in [4.78, 5) is 4.62. The molecule has 2 aromatic rings. The first-order chi connectivity index (χ1) is 10.0. The van der Waals surface area contributed by atoms with Crippen molar-refractivity contribution in [2.75, 3.05) is 0 Å². The van der Waals surface area contributed by atoms with Crippen molar-refractivity contribution in [1.29, 1.82) is 0 Å². The van der Waals surface area contributed by atoms with Gasteiger partial charge in [-0.3, -0.25) is 0 Å². The van der Waals surface area contributed by atoms with Crippen molar-refractivity contribution in [2.24, 2.45) is 11.8 Å². The third kappa shape index (κ3) is 2.08. The molecule has 1 aromatic carbocycles. The van der Waals surface area contributed by atoms with E-state index in [0.717, 1.165) is 29.2 Å². The Morgan fingerprint density at radius 2 is 2.14 bits per heavy atom. The highest BCUT2D eigenvalue weighted by atomic mass is 35.5. The molecular formula is C16H17Cl2FN2. The van der Waals surface area contributed by atoms with Crippen molar-refractivity contribution in [3.8, 4) is 0 Å². The molecule has 2 nitrogen and oxygen atoms in total. The van der Waals surface area contributed by atoms with E-state index in [1.165, 1.54) is 25.3 Å². The van der Waals surface area contributed by atoms with Crippen LogP contribution in [0.2, 0.25) is 5.02 Å². The van der Waals surface area contributed by atoms with Gasteiger partial charge in [0.2, 0.25) is 0 Å². The third-order valence-electron chi connectivity index (χ3n) is 5.15. The van der Waals surface area contributed by atoms with E-state index in [1.807, 2.05) is 6.92 Å². The fourth-order valence-corrected chi connectivity index (χ4v) is 4.58. The molecule has 0 aliphatic heterocycles. The Hall–Kier alpha value is -0.800. The number of rotatable bonds is 2. The quantitative estimate of drug-likeness (QED) is 0.667. The summed E-state index contributed by atoms with van der Waals surface area (Å²) in [6.07, 6.45) is 5.05. The second-order valence-electron chi connectivity index (χ2n) is 6.45. The van der Waals surface area contributed by atoms with Gasteiger partial charge in [-0.15, -0.1) is 11.6 Å². The van der Waals surface area contributed by atoms with Crippen molar-refractivity contribution in [1.82, 2.24) is 9.55 Å². The molecule has 2 saturated carbocycles. The summed E-state index contributed by atoms with van der Waals surface area (Å²) in [6, 6.07) is 3.53. The highest BCUT2D eigenvalue weighted by Crippen LogP contribution is 2.52. The molecule has 2 bridgehead atoms. The lowest BCUT2D eigenvalue weighted by molar-refractivity contribution is 0.329. The number of nitrogens with zero attached hydrogens (tertiary/aromatic N) is 2. The molecular weight excluding hydrogens is 310 g/mol. The SMILES string of the molecule is CC(Cl)c1nc2cc(Cl)c(F)cc2n1C1CC2CCC1C2. The van der Waals surface area contributed by atoms with Gasteiger partial charge in [-0.1, -0.05) is 18.0 Å². The standard InChI is InChI=1S/C16H17Cl2FN2/c1-8(17)16-20-13-6-11(18)12(19)7-15(13)21(16)14-5-9-2-3-10(14)4-9/h6-10,14H,2-5H2,1H3. The number of halogens is 3. The molecule has 2 aliphatic carbocycles. The van der Waals surface area contributed by atoms with E-state index in [0.29, 0.717) is 12.0 Å². The minimum absolute atomic E-state index is 0.119. The summed E-state index contributed by atoms with van der Waals surface area (Å²) < 4.78 is 16.1. The highest BCUT2D eigenvalue weighted by Gasteiger charge is 2.42. The Balaban J connectivity index is 1.92. The Labute approximate surface area is 133 Å². The molecule has 4 atom stereocenters.